The van der Waals surface area contributed by atoms with Gasteiger partial charge in [0.05, 0.1) is 0 Å². The van der Waals surface area contributed by atoms with Crippen molar-refractivity contribution in [2.45, 2.75) is 39.8 Å². The van der Waals surface area contributed by atoms with Gasteiger partial charge in [0.25, 0.3) is 5.91 Å². The van der Waals surface area contributed by atoms with Gasteiger partial charge in [-0.15, -0.1) is 0 Å². The normalized spacial score (nSPS) is 11.6. The molecule has 2 rings (SSSR count). The van der Waals surface area contributed by atoms with Gasteiger partial charge in [0, 0.05) is 23.1 Å². The number of benzene rings is 2. The molecule has 0 fully saturated rings. The third-order valence-corrected chi connectivity index (χ3v) is 5.32. The van der Waals surface area contributed by atoms with Gasteiger partial charge in [-0.2, -0.15) is 0 Å². The van der Waals surface area contributed by atoms with Gasteiger partial charge in [0.1, 0.15) is 11.8 Å². The van der Waals surface area contributed by atoms with Gasteiger partial charge in [0.2, 0.25) is 5.91 Å². The summed E-state index contributed by atoms with van der Waals surface area (Å²) in [4.78, 5) is 27.1. The number of hydrogen-bond donors (Lipinski definition) is 1. The molecule has 0 aliphatic carbocycles. The number of carbonyl (C=O) groups is 2. The molecule has 0 saturated heterocycles. The molecule has 1 N–H and O–H groups in total. The Balaban J connectivity index is 2.22. The first-order chi connectivity index (χ1) is 13.9. The molecular formula is C22H26Cl2N2O3. The number of halogens is 2. The number of ether oxygens (including phenoxy) is 1. The van der Waals surface area contributed by atoms with Gasteiger partial charge in [-0.1, -0.05) is 48.3 Å². The Bertz CT molecular complexity index is 858. The van der Waals surface area contributed by atoms with E-state index in [2.05, 4.69) is 5.32 Å². The molecule has 0 saturated carbocycles. The molecule has 5 nitrogen and oxygen atoms in total. The fraction of sp³-hybridized carbons (Fsp3) is 0.364. The van der Waals surface area contributed by atoms with Crippen molar-refractivity contribution in [2.24, 2.45) is 0 Å². The molecule has 0 spiro atoms. The van der Waals surface area contributed by atoms with Crippen molar-refractivity contribution in [1.82, 2.24) is 10.2 Å². The Kier molecular flexibility index (Phi) is 8.80. The minimum atomic E-state index is -0.616. The summed E-state index contributed by atoms with van der Waals surface area (Å²) in [6.07, 6.45) is 0.474. The zero-order valence-electron chi connectivity index (χ0n) is 16.9. The number of nitrogens with zero attached hydrogens (tertiary/aromatic N) is 1. The number of aryl methyl sites for hydroxylation is 1. The molecule has 2 aromatic rings. The lowest BCUT2D eigenvalue weighted by Crippen LogP contribution is -2.50. The molecule has 156 valence electrons. The molecule has 0 unspecified atom stereocenters. The second kappa shape index (κ2) is 11.1. The molecule has 29 heavy (non-hydrogen) atoms. The van der Waals surface area contributed by atoms with Crippen LogP contribution in [0.4, 0.5) is 0 Å². The van der Waals surface area contributed by atoms with Crippen molar-refractivity contribution in [3.63, 3.8) is 0 Å². The second-order valence-electron chi connectivity index (χ2n) is 6.63. The van der Waals surface area contributed by atoms with Gasteiger partial charge in [-0.3, -0.25) is 9.59 Å². The van der Waals surface area contributed by atoms with Gasteiger partial charge >= 0.3 is 0 Å². The van der Waals surface area contributed by atoms with Crippen LogP contribution >= 0.6 is 23.2 Å². The van der Waals surface area contributed by atoms with E-state index in [1.165, 1.54) is 4.90 Å². The minimum absolute atomic E-state index is 0.193. The highest BCUT2D eigenvalue weighted by Crippen LogP contribution is 2.22. The van der Waals surface area contributed by atoms with Gasteiger partial charge in [0.15, 0.2) is 6.61 Å². The minimum Gasteiger partial charge on any atom is -0.484 e. The summed E-state index contributed by atoms with van der Waals surface area (Å²) in [5.74, 6) is 0.0531. The Morgan fingerprint density at radius 1 is 1.10 bits per heavy atom. The molecule has 0 heterocycles. The lowest BCUT2D eigenvalue weighted by molar-refractivity contribution is -0.142. The molecule has 7 heteroatoms. The largest absolute Gasteiger partial charge is 0.484 e. The van der Waals surface area contributed by atoms with Gasteiger partial charge in [-0.05, 0) is 55.7 Å². The first-order valence-electron chi connectivity index (χ1n) is 9.56. The average molecular weight is 437 g/mol. The van der Waals surface area contributed by atoms with E-state index in [9.17, 15) is 9.59 Å². The second-order valence-corrected chi connectivity index (χ2v) is 7.45. The highest BCUT2D eigenvalue weighted by Gasteiger charge is 2.29. The molecule has 2 amide bonds. The van der Waals surface area contributed by atoms with Crippen LogP contribution in [0.1, 0.15) is 31.4 Å². The highest BCUT2D eigenvalue weighted by molar-refractivity contribution is 6.31. The van der Waals surface area contributed by atoms with Crippen molar-refractivity contribution in [3.05, 3.63) is 63.6 Å². The van der Waals surface area contributed by atoms with Crippen LogP contribution in [-0.4, -0.2) is 35.9 Å². The quantitative estimate of drug-likeness (QED) is 0.623. The molecule has 0 aliphatic rings. The first-order valence-corrected chi connectivity index (χ1v) is 10.3. The van der Waals surface area contributed by atoms with E-state index in [1.807, 2.05) is 39.0 Å². The topological polar surface area (TPSA) is 58.6 Å². The molecule has 1 atom stereocenters. The standard InChI is InChI=1S/C22H26Cl2N2O3/c1-4-20(22(28)25-5-2)26(13-16-8-6-7-9-19(16)24)21(27)14-29-17-10-11-18(23)15(3)12-17/h6-12,20H,4-5,13-14H2,1-3H3,(H,25,28)/t20-/m0/s1. The van der Waals surface area contributed by atoms with E-state index < -0.39 is 6.04 Å². The number of rotatable bonds is 9. The highest BCUT2D eigenvalue weighted by atomic mass is 35.5. The molecular weight excluding hydrogens is 411 g/mol. The monoisotopic (exact) mass is 436 g/mol. The van der Waals surface area contributed by atoms with Crippen LogP contribution in [0.25, 0.3) is 0 Å². The van der Waals surface area contributed by atoms with Crippen molar-refractivity contribution >= 4 is 35.0 Å². The third-order valence-electron chi connectivity index (χ3n) is 4.53. The Morgan fingerprint density at radius 2 is 1.83 bits per heavy atom. The maximum Gasteiger partial charge on any atom is 0.261 e. The maximum atomic E-state index is 13.0. The van der Waals surface area contributed by atoms with Crippen LogP contribution in [0.3, 0.4) is 0 Å². The zero-order valence-corrected chi connectivity index (χ0v) is 18.4. The summed E-state index contributed by atoms with van der Waals surface area (Å²) >= 11 is 12.3. The summed E-state index contributed by atoms with van der Waals surface area (Å²) in [6, 6.07) is 11.9. The van der Waals surface area contributed by atoms with Crippen molar-refractivity contribution in [2.75, 3.05) is 13.2 Å². The maximum absolute atomic E-state index is 13.0. The first kappa shape index (κ1) is 23.0. The fourth-order valence-electron chi connectivity index (χ4n) is 2.96. The number of hydrogen-bond acceptors (Lipinski definition) is 3. The lowest BCUT2D eigenvalue weighted by atomic mass is 10.1. The van der Waals surface area contributed by atoms with Crippen molar-refractivity contribution in [1.29, 1.82) is 0 Å². The van der Waals surface area contributed by atoms with Gasteiger partial charge in [-0.25, -0.2) is 0 Å². The number of likely N-dealkylation sites (N-methyl/N-ethyl adjacent to an activating group) is 1. The van der Waals surface area contributed by atoms with Crippen LogP contribution < -0.4 is 10.1 Å². The fourth-order valence-corrected chi connectivity index (χ4v) is 3.27. The van der Waals surface area contributed by atoms with E-state index in [4.69, 9.17) is 27.9 Å². The molecule has 0 radical (unpaired) electrons. The van der Waals surface area contributed by atoms with Crippen LogP contribution in [-0.2, 0) is 16.1 Å². The van der Waals surface area contributed by atoms with Crippen LogP contribution in [0.5, 0.6) is 5.75 Å². The molecule has 0 aromatic heterocycles. The summed E-state index contributed by atoms with van der Waals surface area (Å²) in [7, 11) is 0. The van der Waals surface area contributed by atoms with Crippen LogP contribution in [0, 0.1) is 6.92 Å². The van der Waals surface area contributed by atoms with E-state index in [1.54, 1.807) is 24.3 Å². The van der Waals surface area contributed by atoms with Crippen LogP contribution in [0.2, 0.25) is 10.0 Å². The van der Waals surface area contributed by atoms with Crippen molar-refractivity contribution in [3.8, 4) is 5.75 Å². The smallest absolute Gasteiger partial charge is 0.261 e. The lowest BCUT2D eigenvalue weighted by Gasteiger charge is -2.30. The number of nitrogens with one attached hydrogen (secondary N) is 1. The van der Waals surface area contributed by atoms with Crippen molar-refractivity contribution < 1.29 is 14.3 Å². The average Bonchev–Trinajstić information content (AvgIpc) is 2.70. The van der Waals surface area contributed by atoms with E-state index in [-0.39, 0.29) is 25.0 Å². The molecule has 0 aliphatic heterocycles. The SMILES string of the molecule is CCNC(=O)[C@H](CC)N(Cc1ccccc1Cl)C(=O)COc1ccc(Cl)c(C)c1. The third kappa shape index (κ3) is 6.38. The van der Waals surface area contributed by atoms with E-state index >= 15 is 0 Å². The summed E-state index contributed by atoms with van der Waals surface area (Å²) in [5, 5.41) is 3.98. The molecule has 0 bridgehead atoms. The van der Waals surface area contributed by atoms with Crippen LogP contribution in [0.15, 0.2) is 42.5 Å². The van der Waals surface area contributed by atoms with E-state index in [0.29, 0.717) is 28.8 Å². The van der Waals surface area contributed by atoms with E-state index in [0.717, 1.165) is 11.1 Å². The zero-order chi connectivity index (χ0) is 21.4. The predicted molar refractivity (Wildman–Crippen MR) is 116 cm³/mol. The van der Waals surface area contributed by atoms with Gasteiger partial charge < -0.3 is 15.0 Å². The Morgan fingerprint density at radius 3 is 2.45 bits per heavy atom. The Labute approximate surface area is 181 Å². The summed E-state index contributed by atoms with van der Waals surface area (Å²) in [6.45, 7) is 6.10. The predicted octanol–water partition coefficient (Wildman–Crippen LogP) is 4.62. The summed E-state index contributed by atoms with van der Waals surface area (Å²) in [5.41, 5.74) is 1.63. The number of carbonyl (C=O) groups excluding carboxylic acids is 2. The Hall–Kier alpha value is -2.24. The summed E-state index contributed by atoms with van der Waals surface area (Å²) < 4.78 is 5.67. The number of amides is 2. The molecule has 2 aromatic carbocycles.